The van der Waals surface area contributed by atoms with Gasteiger partial charge in [0.05, 0.1) is 18.1 Å². The van der Waals surface area contributed by atoms with Gasteiger partial charge in [0, 0.05) is 5.57 Å². The third-order valence-corrected chi connectivity index (χ3v) is 4.90. The van der Waals surface area contributed by atoms with Gasteiger partial charge in [0.2, 0.25) is 5.90 Å². The molecule has 2 rings (SSSR count). The van der Waals surface area contributed by atoms with Crippen LogP contribution in [-0.4, -0.2) is 45.6 Å². The molecule has 0 fully saturated rings. The van der Waals surface area contributed by atoms with Crippen molar-refractivity contribution in [2.24, 2.45) is 4.40 Å². The number of esters is 2. The lowest BCUT2D eigenvalue weighted by Gasteiger charge is -2.18. The second-order valence-electron chi connectivity index (χ2n) is 4.98. The number of hydrogen-bond acceptors (Lipinski definition) is 7. The van der Waals surface area contributed by atoms with E-state index in [0.29, 0.717) is 18.4 Å². The van der Waals surface area contributed by atoms with Crippen LogP contribution in [0.4, 0.5) is 0 Å². The van der Waals surface area contributed by atoms with Crippen molar-refractivity contribution in [3.63, 3.8) is 0 Å². The standard InChI is InChI=1S/C14H19NO7S/c1-3-20-13(16)11(14(17)21-4-2)22-12-9-7-5-6-8-10(9)23(18,19)15-12/h11H,3-8H2,1-2H3. The molecule has 8 nitrogen and oxygen atoms in total. The summed E-state index contributed by atoms with van der Waals surface area (Å²) >= 11 is 0. The Balaban J connectivity index is 2.27. The highest BCUT2D eigenvalue weighted by atomic mass is 32.2. The van der Waals surface area contributed by atoms with Crippen LogP contribution in [0.25, 0.3) is 0 Å². The number of ether oxygens (including phenoxy) is 3. The summed E-state index contributed by atoms with van der Waals surface area (Å²) in [5, 5.41) is 0. The van der Waals surface area contributed by atoms with Crippen LogP contribution in [-0.2, 0) is 33.8 Å². The summed E-state index contributed by atoms with van der Waals surface area (Å²) in [7, 11) is -3.78. The van der Waals surface area contributed by atoms with Crippen LogP contribution in [0.3, 0.4) is 0 Å². The normalized spacial score (nSPS) is 19.2. The van der Waals surface area contributed by atoms with E-state index in [1.165, 1.54) is 0 Å². The smallest absolute Gasteiger partial charge is 0.359 e. The Labute approximate surface area is 134 Å². The second-order valence-corrected chi connectivity index (χ2v) is 6.61. The molecule has 23 heavy (non-hydrogen) atoms. The highest BCUT2D eigenvalue weighted by Crippen LogP contribution is 2.36. The summed E-state index contributed by atoms with van der Waals surface area (Å²) in [6.45, 7) is 3.27. The molecule has 0 amide bonds. The maximum Gasteiger partial charge on any atom is 0.359 e. The van der Waals surface area contributed by atoms with Gasteiger partial charge in [0.1, 0.15) is 0 Å². The number of nitrogens with zero attached hydrogens (tertiary/aromatic N) is 1. The van der Waals surface area contributed by atoms with Gasteiger partial charge in [0.15, 0.2) is 0 Å². The van der Waals surface area contributed by atoms with Crippen LogP contribution in [0.1, 0.15) is 39.5 Å². The van der Waals surface area contributed by atoms with E-state index < -0.39 is 28.1 Å². The molecule has 2 aliphatic rings. The summed E-state index contributed by atoms with van der Waals surface area (Å²) in [5.41, 5.74) is 0.440. The first-order valence-electron chi connectivity index (χ1n) is 7.48. The Morgan fingerprint density at radius 2 is 1.65 bits per heavy atom. The number of rotatable bonds is 5. The highest BCUT2D eigenvalue weighted by Gasteiger charge is 2.40. The van der Waals surface area contributed by atoms with E-state index in [-0.39, 0.29) is 24.0 Å². The third kappa shape index (κ3) is 3.72. The Bertz CT molecular complexity index is 645. The number of hydrogen-bond donors (Lipinski definition) is 0. The first-order valence-corrected chi connectivity index (χ1v) is 8.92. The maximum absolute atomic E-state index is 12.0. The average molecular weight is 345 g/mol. The molecule has 0 unspecified atom stereocenters. The lowest BCUT2D eigenvalue weighted by Crippen LogP contribution is -2.38. The van der Waals surface area contributed by atoms with Crippen molar-refractivity contribution in [3.8, 4) is 0 Å². The van der Waals surface area contributed by atoms with E-state index in [1.807, 2.05) is 0 Å². The molecule has 0 saturated carbocycles. The van der Waals surface area contributed by atoms with E-state index in [0.717, 1.165) is 12.8 Å². The van der Waals surface area contributed by atoms with Crippen molar-refractivity contribution in [2.45, 2.75) is 45.6 Å². The molecule has 0 atom stereocenters. The fraction of sp³-hybridized carbons (Fsp3) is 0.643. The molecule has 0 saturated heterocycles. The zero-order valence-electron chi connectivity index (χ0n) is 13.0. The molecule has 0 spiro atoms. The highest BCUT2D eigenvalue weighted by molar-refractivity contribution is 7.94. The van der Waals surface area contributed by atoms with Crippen LogP contribution >= 0.6 is 0 Å². The number of carbonyl (C=O) groups excluding carboxylic acids is 2. The van der Waals surface area contributed by atoms with Crippen molar-refractivity contribution >= 4 is 27.9 Å². The van der Waals surface area contributed by atoms with Crippen molar-refractivity contribution in [1.82, 2.24) is 0 Å². The van der Waals surface area contributed by atoms with Gasteiger partial charge in [-0.2, -0.15) is 8.42 Å². The minimum absolute atomic E-state index is 0.0524. The fourth-order valence-electron chi connectivity index (χ4n) is 2.44. The number of allylic oxidation sites excluding steroid dienone is 1. The van der Waals surface area contributed by atoms with Gasteiger partial charge < -0.3 is 14.2 Å². The van der Waals surface area contributed by atoms with E-state index in [9.17, 15) is 18.0 Å². The van der Waals surface area contributed by atoms with E-state index >= 15 is 0 Å². The lowest BCUT2D eigenvalue weighted by atomic mass is 9.99. The van der Waals surface area contributed by atoms with Gasteiger partial charge in [-0.25, -0.2) is 9.59 Å². The van der Waals surface area contributed by atoms with Crippen molar-refractivity contribution in [3.05, 3.63) is 10.5 Å². The Hall–Kier alpha value is -1.90. The summed E-state index contributed by atoms with van der Waals surface area (Å²) in [5.74, 6) is -2.07. The fourth-order valence-corrected chi connectivity index (χ4v) is 3.83. The summed E-state index contributed by atoms with van der Waals surface area (Å²) < 4.78 is 42.5. The molecule has 0 aromatic rings. The van der Waals surface area contributed by atoms with Gasteiger partial charge in [-0.15, -0.1) is 4.40 Å². The minimum atomic E-state index is -3.78. The van der Waals surface area contributed by atoms with Crippen molar-refractivity contribution < 1.29 is 32.2 Å². The number of carbonyl (C=O) groups is 2. The molecule has 0 N–H and O–H groups in total. The van der Waals surface area contributed by atoms with Crippen LogP contribution in [0, 0.1) is 0 Å². The van der Waals surface area contributed by atoms with Gasteiger partial charge in [-0.1, -0.05) is 0 Å². The first kappa shape index (κ1) is 17.5. The van der Waals surface area contributed by atoms with Crippen LogP contribution in [0.15, 0.2) is 14.9 Å². The van der Waals surface area contributed by atoms with E-state index in [1.54, 1.807) is 13.8 Å². The topological polar surface area (TPSA) is 108 Å². The zero-order valence-corrected chi connectivity index (χ0v) is 13.8. The largest absolute Gasteiger partial charge is 0.463 e. The molecular weight excluding hydrogens is 326 g/mol. The van der Waals surface area contributed by atoms with Gasteiger partial charge in [0.25, 0.3) is 16.1 Å². The summed E-state index contributed by atoms with van der Waals surface area (Å²) in [6, 6.07) is 0. The Kier molecular flexibility index (Phi) is 5.40. The molecule has 0 aromatic heterocycles. The molecule has 0 bridgehead atoms. The number of sulfonamides is 1. The molecule has 0 radical (unpaired) electrons. The summed E-state index contributed by atoms with van der Waals surface area (Å²) in [6.07, 6.45) is 0.724. The van der Waals surface area contributed by atoms with Gasteiger partial charge in [-0.3, -0.25) is 0 Å². The Morgan fingerprint density at radius 3 is 2.22 bits per heavy atom. The van der Waals surface area contributed by atoms with Gasteiger partial charge in [-0.05, 0) is 39.5 Å². The lowest BCUT2D eigenvalue weighted by molar-refractivity contribution is -0.167. The average Bonchev–Trinajstić information content (AvgIpc) is 2.77. The predicted molar refractivity (Wildman–Crippen MR) is 80.0 cm³/mol. The van der Waals surface area contributed by atoms with E-state index in [4.69, 9.17) is 14.2 Å². The van der Waals surface area contributed by atoms with Crippen LogP contribution < -0.4 is 0 Å². The SMILES string of the molecule is CCOC(=O)C(OC1=NS(=O)(=O)C2=C1CCCC2)C(=O)OCC. The quantitative estimate of drug-likeness (QED) is 0.541. The molecule has 1 heterocycles. The predicted octanol–water partition coefficient (Wildman–Crippen LogP) is 1.07. The van der Waals surface area contributed by atoms with Gasteiger partial charge >= 0.3 is 11.9 Å². The van der Waals surface area contributed by atoms with E-state index in [2.05, 4.69) is 4.40 Å². The van der Waals surface area contributed by atoms with Crippen molar-refractivity contribution in [1.29, 1.82) is 0 Å². The van der Waals surface area contributed by atoms with Crippen molar-refractivity contribution in [2.75, 3.05) is 13.2 Å². The molecule has 0 aromatic carbocycles. The Morgan fingerprint density at radius 1 is 1.09 bits per heavy atom. The molecule has 9 heteroatoms. The van der Waals surface area contributed by atoms with Crippen LogP contribution in [0.2, 0.25) is 0 Å². The molecular formula is C14H19NO7S. The minimum Gasteiger partial charge on any atom is -0.463 e. The molecule has 128 valence electrons. The maximum atomic E-state index is 12.0. The zero-order chi connectivity index (χ0) is 17.0. The third-order valence-electron chi connectivity index (χ3n) is 3.42. The second kappa shape index (κ2) is 7.12. The molecule has 1 aliphatic heterocycles. The summed E-state index contributed by atoms with van der Waals surface area (Å²) in [4.78, 5) is 24.0. The monoisotopic (exact) mass is 345 g/mol. The first-order chi connectivity index (χ1) is 10.9. The van der Waals surface area contributed by atoms with Crippen LogP contribution in [0.5, 0.6) is 0 Å². The molecule has 1 aliphatic carbocycles.